The van der Waals surface area contributed by atoms with Gasteiger partial charge in [0.1, 0.15) is 0 Å². The first-order valence-corrected chi connectivity index (χ1v) is 7.45. The van der Waals surface area contributed by atoms with Crippen molar-refractivity contribution in [3.8, 4) is 0 Å². The van der Waals surface area contributed by atoms with Gasteiger partial charge in [0.2, 0.25) is 0 Å². The van der Waals surface area contributed by atoms with Gasteiger partial charge in [-0.05, 0) is 24.0 Å². The van der Waals surface area contributed by atoms with Crippen LogP contribution in [0.3, 0.4) is 0 Å². The summed E-state index contributed by atoms with van der Waals surface area (Å²) in [6.07, 6.45) is 2.21. The van der Waals surface area contributed by atoms with E-state index in [2.05, 4.69) is 71.3 Å². The third kappa shape index (κ3) is 3.69. The van der Waals surface area contributed by atoms with E-state index in [4.69, 9.17) is 0 Å². The molecular formula is C18H22N2. The minimum Gasteiger partial charge on any atom is -0.311 e. The summed E-state index contributed by atoms with van der Waals surface area (Å²) < 4.78 is 0. The van der Waals surface area contributed by atoms with Crippen molar-refractivity contribution in [1.82, 2.24) is 10.6 Å². The fourth-order valence-electron chi connectivity index (χ4n) is 2.85. The summed E-state index contributed by atoms with van der Waals surface area (Å²) in [6, 6.07) is 22.5. The Morgan fingerprint density at radius 2 is 1.05 bits per heavy atom. The smallest absolute Gasteiger partial charge is 0.0233 e. The molecule has 2 unspecified atom stereocenters. The molecule has 1 heterocycles. The van der Waals surface area contributed by atoms with Crippen molar-refractivity contribution in [1.29, 1.82) is 0 Å². The number of nitrogens with one attached hydrogen (secondary N) is 2. The van der Waals surface area contributed by atoms with E-state index in [-0.39, 0.29) is 0 Å². The van der Waals surface area contributed by atoms with Crippen LogP contribution in [0.25, 0.3) is 0 Å². The molecule has 0 aromatic heterocycles. The van der Waals surface area contributed by atoms with Gasteiger partial charge < -0.3 is 10.6 Å². The molecule has 2 aromatic carbocycles. The van der Waals surface area contributed by atoms with Gasteiger partial charge in [0.25, 0.3) is 0 Å². The third-order valence-corrected chi connectivity index (χ3v) is 3.96. The predicted molar refractivity (Wildman–Crippen MR) is 83.9 cm³/mol. The molecule has 1 aliphatic heterocycles. The van der Waals surface area contributed by atoms with Crippen molar-refractivity contribution in [3.63, 3.8) is 0 Å². The summed E-state index contributed by atoms with van der Waals surface area (Å²) in [7, 11) is 0. The van der Waals surface area contributed by atoms with Crippen LogP contribution < -0.4 is 10.6 Å². The molecular weight excluding hydrogens is 244 g/mol. The van der Waals surface area contributed by atoms with Gasteiger partial charge in [-0.1, -0.05) is 60.7 Å². The molecule has 2 N–H and O–H groups in total. The SMILES string of the molecule is c1ccc(CC2CNC(Cc3ccccc3)CN2)cc1. The molecule has 1 saturated heterocycles. The Kier molecular flexibility index (Phi) is 4.46. The highest BCUT2D eigenvalue weighted by Crippen LogP contribution is 2.08. The number of hydrogen-bond acceptors (Lipinski definition) is 2. The fraction of sp³-hybridized carbons (Fsp3) is 0.333. The lowest BCUT2D eigenvalue weighted by atomic mass is 10.00. The molecule has 3 rings (SSSR count). The zero-order chi connectivity index (χ0) is 13.6. The molecule has 2 nitrogen and oxygen atoms in total. The average molecular weight is 266 g/mol. The zero-order valence-corrected chi connectivity index (χ0v) is 11.8. The molecule has 1 fully saturated rings. The highest BCUT2D eigenvalue weighted by molar-refractivity contribution is 5.18. The fourth-order valence-corrected chi connectivity index (χ4v) is 2.85. The monoisotopic (exact) mass is 266 g/mol. The van der Waals surface area contributed by atoms with E-state index in [1.807, 2.05) is 0 Å². The molecule has 104 valence electrons. The van der Waals surface area contributed by atoms with Crippen molar-refractivity contribution < 1.29 is 0 Å². The summed E-state index contributed by atoms with van der Waals surface area (Å²) in [5.74, 6) is 0. The van der Waals surface area contributed by atoms with Gasteiger partial charge in [-0.15, -0.1) is 0 Å². The van der Waals surface area contributed by atoms with Crippen LogP contribution in [0, 0.1) is 0 Å². The van der Waals surface area contributed by atoms with E-state index in [1.165, 1.54) is 11.1 Å². The molecule has 20 heavy (non-hydrogen) atoms. The first kappa shape index (κ1) is 13.3. The zero-order valence-electron chi connectivity index (χ0n) is 11.8. The van der Waals surface area contributed by atoms with Crippen LogP contribution in [-0.4, -0.2) is 25.2 Å². The van der Waals surface area contributed by atoms with Crippen LogP contribution in [0.4, 0.5) is 0 Å². The molecule has 1 aliphatic rings. The Labute approximate surface area is 121 Å². The molecule has 2 aromatic rings. The number of benzene rings is 2. The maximum Gasteiger partial charge on any atom is 0.0233 e. The lowest BCUT2D eigenvalue weighted by molar-refractivity contribution is 0.342. The van der Waals surface area contributed by atoms with E-state index >= 15 is 0 Å². The normalized spacial score (nSPS) is 22.6. The lowest BCUT2D eigenvalue weighted by Gasteiger charge is -2.31. The molecule has 2 atom stereocenters. The van der Waals surface area contributed by atoms with Crippen molar-refractivity contribution in [2.75, 3.05) is 13.1 Å². The second-order valence-electron chi connectivity index (χ2n) is 5.59. The van der Waals surface area contributed by atoms with E-state index in [1.54, 1.807) is 0 Å². The van der Waals surface area contributed by atoms with Crippen LogP contribution in [0.2, 0.25) is 0 Å². The second kappa shape index (κ2) is 6.69. The Morgan fingerprint density at radius 3 is 1.40 bits per heavy atom. The maximum absolute atomic E-state index is 3.68. The first-order chi connectivity index (χ1) is 9.90. The third-order valence-electron chi connectivity index (χ3n) is 3.96. The van der Waals surface area contributed by atoms with Gasteiger partial charge in [0.05, 0.1) is 0 Å². The van der Waals surface area contributed by atoms with Gasteiger partial charge in [0.15, 0.2) is 0 Å². The van der Waals surface area contributed by atoms with Gasteiger partial charge in [-0.3, -0.25) is 0 Å². The summed E-state index contributed by atoms with van der Waals surface area (Å²) in [6.45, 7) is 2.10. The van der Waals surface area contributed by atoms with E-state index < -0.39 is 0 Å². The van der Waals surface area contributed by atoms with Crippen LogP contribution in [0.15, 0.2) is 60.7 Å². The molecule has 0 bridgehead atoms. The molecule has 0 amide bonds. The van der Waals surface area contributed by atoms with E-state index in [0.29, 0.717) is 12.1 Å². The number of hydrogen-bond donors (Lipinski definition) is 2. The molecule has 0 saturated carbocycles. The van der Waals surface area contributed by atoms with Crippen LogP contribution in [-0.2, 0) is 12.8 Å². The summed E-state index contributed by atoms with van der Waals surface area (Å²) in [5.41, 5.74) is 2.82. The Hall–Kier alpha value is -1.64. The minimum absolute atomic E-state index is 0.546. The Morgan fingerprint density at radius 1 is 0.650 bits per heavy atom. The van der Waals surface area contributed by atoms with Crippen molar-refractivity contribution in [2.45, 2.75) is 24.9 Å². The van der Waals surface area contributed by atoms with Gasteiger partial charge in [-0.2, -0.15) is 0 Å². The maximum atomic E-state index is 3.68. The van der Waals surface area contributed by atoms with Crippen LogP contribution >= 0.6 is 0 Å². The number of rotatable bonds is 4. The topological polar surface area (TPSA) is 24.1 Å². The van der Waals surface area contributed by atoms with Crippen LogP contribution in [0.1, 0.15) is 11.1 Å². The van der Waals surface area contributed by atoms with E-state index in [9.17, 15) is 0 Å². The van der Waals surface area contributed by atoms with Gasteiger partial charge in [-0.25, -0.2) is 0 Å². The van der Waals surface area contributed by atoms with Gasteiger partial charge >= 0.3 is 0 Å². The summed E-state index contributed by atoms with van der Waals surface area (Å²) >= 11 is 0. The molecule has 0 radical (unpaired) electrons. The summed E-state index contributed by atoms with van der Waals surface area (Å²) in [5, 5.41) is 7.35. The summed E-state index contributed by atoms with van der Waals surface area (Å²) in [4.78, 5) is 0. The van der Waals surface area contributed by atoms with Crippen molar-refractivity contribution >= 4 is 0 Å². The van der Waals surface area contributed by atoms with Crippen LogP contribution in [0.5, 0.6) is 0 Å². The van der Waals surface area contributed by atoms with E-state index in [0.717, 1.165) is 25.9 Å². The molecule has 2 heteroatoms. The quantitative estimate of drug-likeness (QED) is 0.888. The predicted octanol–water partition coefficient (Wildman–Crippen LogP) is 2.40. The van der Waals surface area contributed by atoms with Crippen molar-refractivity contribution in [2.24, 2.45) is 0 Å². The Bertz CT molecular complexity index is 452. The average Bonchev–Trinajstić information content (AvgIpc) is 2.51. The van der Waals surface area contributed by atoms with Crippen molar-refractivity contribution in [3.05, 3.63) is 71.8 Å². The Balaban J connectivity index is 1.47. The first-order valence-electron chi connectivity index (χ1n) is 7.45. The highest BCUT2D eigenvalue weighted by Gasteiger charge is 2.19. The standard InChI is InChI=1S/C18H22N2/c1-3-7-15(8-4-1)11-17-13-20-18(14-19-17)12-16-9-5-2-6-10-16/h1-10,17-20H,11-14H2. The minimum atomic E-state index is 0.546. The lowest BCUT2D eigenvalue weighted by Crippen LogP contribution is -2.55. The molecule has 0 spiro atoms. The highest BCUT2D eigenvalue weighted by atomic mass is 15.1. The van der Waals surface area contributed by atoms with Gasteiger partial charge in [0, 0.05) is 25.2 Å². The largest absolute Gasteiger partial charge is 0.311 e. The second-order valence-corrected chi connectivity index (χ2v) is 5.59. The number of piperazine rings is 1. The molecule has 0 aliphatic carbocycles.